The van der Waals surface area contributed by atoms with Gasteiger partial charge in [-0.05, 0) is 58.2 Å². The van der Waals surface area contributed by atoms with Crippen molar-refractivity contribution < 1.29 is 13.9 Å². The van der Waals surface area contributed by atoms with Gasteiger partial charge in [0.25, 0.3) is 5.91 Å². The van der Waals surface area contributed by atoms with E-state index < -0.39 is 11.7 Å². The summed E-state index contributed by atoms with van der Waals surface area (Å²) in [5.74, 6) is -0.370. The van der Waals surface area contributed by atoms with Gasteiger partial charge in [-0.3, -0.25) is 4.79 Å². The SMILES string of the molecule is CCNC1CCC(Oc2cc(F)ccc2C(=O)N2CC(=N)C(c3nc(C)c(Cl)c(C)n3)C2)CC1. The largest absolute Gasteiger partial charge is 0.489 e. The number of ether oxygens (including phenoxy) is 1. The molecule has 1 saturated carbocycles. The number of hydrogen-bond donors (Lipinski definition) is 2. The molecule has 1 aliphatic carbocycles. The summed E-state index contributed by atoms with van der Waals surface area (Å²) in [5, 5.41) is 12.4. The van der Waals surface area contributed by atoms with Crippen molar-refractivity contribution in [2.75, 3.05) is 19.6 Å². The third kappa shape index (κ3) is 5.23. The fourth-order valence-corrected chi connectivity index (χ4v) is 4.87. The number of nitrogens with one attached hydrogen (secondary N) is 2. The van der Waals surface area contributed by atoms with Crippen LogP contribution in [-0.4, -0.2) is 58.3 Å². The number of carbonyl (C=O) groups excluding carboxylic acids is 1. The Balaban J connectivity index is 1.50. The summed E-state index contributed by atoms with van der Waals surface area (Å²) in [6, 6.07) is 4.52. The Morgan fingerprint density at radius 1 is 1.24 bits per heavy atom. The van der Waals surface area contributed by atoms with Gasteiger partial charge in [0, 0.05) is 24.4 Å². The van der Waals surface area contributed by atoms with E-state index in [-0.39, 0.29) is 30.9 Å². The average molecular weight is 488 g/mol. The predicted molar refractivity (Wildman–Crippen MR) is 130 cm³/mol. The minimum Gasteiger partial charge on any atom is -0.489 e. The van der Waals surface area contributed by atoms with E-state index in [1.165, 1.54) is 18.2 Å². The molecule has 2 aliphatic rings. The molecule has 1 atom stereocenters. The Bertz CT molecular complexity index is 1060. The van der Waals surface area contributed by atoms with Crippen molar-refractivity contribution in [3.05, 3.63) is 51.8 Å². The van der Waals surface area contributed by atoms with Gasteiger partial charge < -0.3 is 20.4 Å². The zero-order valence-electron chi connectivity index (χ0n) is 19.8. The molecule has 1 aromatic heterocycles. The molecule has 1 unspecified atom stereocenters. The number of likely N-dealkylation sites (tertiary alicyclic amines) is 1. The first-order chi connectivity index (χ1) is 16.3. The van der Waals surface area contributed by atoms with Gasteiger partial charge in [-0.2, -0.15) is 0 Å². The van der Waals surface area contributed by atoms with E-state index >= 15 is 0 Å². The lowest BCUT2D eigenvalue weighted by molar-refractivity contribution is 0.0781. The number of rotatable bonds is 6. The van der Waals surface area contributed by atoms with Crippen LogP contribution in [0.2, 0.25) is 5.02 Å². The standard InChI is InChI=1S/C25H31ClFN5O2/c1-4-29-17-6-8-18(9-7-17)34-22-11-16(27)5-10-19(22)25(33)32-12-20(21(28)13-32)24-30-14(2)23(26)15(3)31-24/h5,10-11,17-18,20,28-29H,4,6-9,12-13H2,1-3H3. The first kappa shape index (κ1) is 24.5. The quantitative estimate of drug-likeness (QED) is 0.628. The minimum atomic E-state index is -0.444. The van der Waals surface area contributed by atoms with Crippen LogP contribution in [0.4, 0.5) is 4.39 Å². The van der Waals surface area contributed by atoms with Gasteiger partial charge in [0.05, 0.1) is 40.5 Å². The maximum atomic E-state index is 14.1. The number of amides is 1. The summed E-state index contributed by atoms with van der Waals surface area (Å²) in [5.41, 5.74) is 1.98. The maximum Gasteiger partial charge on any atom is 0.257 e. The molecule has 7 nitrogen and oxygen atoms in total. The normalized spacial score (nSPS) is 22.8. The van der Waals surface area contributed by atoms with Crippen molar-refractivity contribution in [3.8, 4) is 5.75 Å². The fraction of sp³-hybridized carbons (Fsp3) is 0.520. The Kier molecular flexibility index (Phi) is 7.48. The van der Waals surface area contributed by atoms with E-state index in [1.54, 1.807) is 18.7 Å². The molecule has 34 heavy (non-hydrogen) atoms. The van der Waals surface area contributed by atoms with Crippen LogP contribution in [0, 0.1) is 25.1 Å². The van der Waals surface area contributed by atoms with Crippen LogP contribution >= 0.6 is 11.6 Å². The number of aromatic nitrogens is 2. The lowest BCUT2D eigenvalue weighted by Gasteiger charge is -2.30. The van der Waals surface area contributed by atoms with Crippen molar-refractivity contribution in [1.29, 1.82) is 5.41 Å². The molecule has 2 N–H and O–H groups in total. The molecule has 1 amide bonds. The second-order valence-electron chi connectivity index (χ2n) is 9.12. The van der Waals surface area contributed by atoms with Gasteiger partial charge >= 0.3 is 0 Å². The van der Waals surface area contributed by atoms with Gasteiger partial charge in [-0.25, -0.2) is 14.4 Å². The smallest absolute Gasteiger partial charge is 0.257 e. The Hall–Kier alpha value is -2.58. The summed E-state index contributed by atoms with van der Waals surface area (Å²) in [4.78, 5) is 23.9. The predicted octanol–water partition coefficient (Wildman–Crippen LogP) is 4.44. The second kappa shape index (κ2) is 10.4. The van der Waals surface area contributed by atoms with Crippen LogP contribution in [0.3, 0.4) is 0 Å². The summed E-state index contributed by atoms with van der Waals surface area (Å²) in [7, 11) is 0. The van der Waals surface area contributed by atoms with Crippen molar-refractivity contribution >= 4 is 23.2 Å². The molecule has 1 saturated heterocycles. The number of hydrogen-bond acceptors (Lipinski definition) is 6. The maximum absolute atomic E-state index is 14.1. The molecule has 2 fully saturated rings. The summed E-state index contributed by atoms with van der Waals surface area (Å²) < 4.78 is 20.2. The van der Waals surface area contributed by atoms with E-state index in [1.807, 2.05) is 0 Å². The average Bonchev–Trinajstić information content (AvgIpc) is 3.20. The molecule has 4 rings (SSSR count). The second-order valence-corrected chi connectivity index (χ2v) is 9.50. The highest BCUT2D eigenvalue weighted by Gasteiger charge is 2.36. The monoisotopic (exact) mass is 487 g/mol. The Labute approximate surface area is 204 Å². The van der Waals surface area contributed by atoms with Crippen LogP contribution in [0.15, 0.2) is 18.2 Å². The van der Waals surface area contributed by atoms with Gasteiger partial charge in [0.15, 0.2) is 0 Å². The molecular formula is C25H31ClFN5O2. The van der Waals surface area contributed by atoms with E-state index in [0.29, 0.717) is 39.6 Å². The molecule has 2 heterocycles. The van der Waals surface area contributed by atoms with Crippen LogP contribution in [0.1, 0.15) is 66.1 Å². The van der Waals surface area contributed by atoms with Crippen molar-refractivity contribution in [1.82, 2.24) is 20.2 Å². The third-order valence-electron chi connectivity index (χ3n) is 6.62. The number of carbonyl (C=O) groups is 1. The molecule has 9 heteroatoms. The van der Waals surface area contributed by atoms with Crippen molar-refractivity contribution in [2.24, 2.45) is 0 Å². The molecule has 0 bridgehead atoms. The number of aryl methyl sites for hydroxylation is 2. The van der Waals surface area contributed by atoms with Gasteiger partial charge in [0.1, 0.15) is 17.4 Å². The van der Waals surface area contributed by atoms with E-state index in [9.17, 15) is 9.18 Å². The fourth-order valence-electron chi connectivity index (χ4n) is 4.78. The zero-order valence-corrected chi connectivity index (χ0v) is 20.6. The van der Waals surface area contributed by atoms with Crippen molar-refractivity contribution in [2.45, 2.75) is 64.5 Å². The van der Waals surface area contributed by atoms with Gasteiger partial charge in [0.2, 0.25) is 0 Å². The lowest BCUT2D eigenvalue weighted by atomic mass is 9.93. The molecule has 1 aromatic carbocycles. The summed E-state index contributed by atoms with van der Waals surface area (Å²) in [6.07, 6.45) is 3.63. The number of benzene rings is 1. The third-order valence-corrected chi connectivity index (χ3v) is 7.17. The Morgan fingerprint density at radius 3 is 2.56 bits per heavy atom. The van der Waals surface area contributed by atoms with Crippen LogP contribution in [0.25, 0.3) is 0 Å². The molecule has 0 spiro atoms. The van der Waals surface area contributed by atoms with E-state index in [0.717, 1.165) is 32.2 Å². The highest BCUT2D eigenvalue weighted by Crippen LogP contribution is 2.31. The van der Waals surface area contributed by atoms with E-state index in [4.69, 9.17) is 21.7 Å². The lowest BCUT2D eigenvalue weighted by Crippen LogP contribution is -2.36. The molecule has 182 valence electrons. The number of nitrogens with zero attached hydrogens (tertiary/aromatic N) is 3. The zero-order chi connectivity index (χ0) is 24.4. The molecule has 0 radical (unpaired) electrons. The first-order valence-electron chi connectivity index (χ1n) is 11.8. The summed E-state index contributed by atoms with van der Waals surface area (Å²) in [6.45, 7) is 7.08. The van der Waals surface area contributed by atoms with Gasteiger partial charge in [-0.15, -0.1) is 0 Å². The van der Waals surface area contributed by atoms with Crippen LogP contribution in [-0.2, 0) is 0 Å². The van der Waals surface area contributed by atoms with Crippen LogP contribution in [0.5, 0.6) is 5.75 Å². The highest BCUT2D eigenvalue weighted by atomic mass is 35.5. The summed E-state index contributed by atoms with van der Waals surface area (Å²) >= 11 is 6.19. The van der Waals surface area contributed by atoms with Crippen LogP contribution < -0.4 is 10.1 Å². The topological polar surface area (TPSA) is 91.2 Å². The Morgan fingerprint density at radius 2 is 1.91 bits per heavy atom. The highest BCUT2D eigenvalue weighted by molar-refractivity contribution is 6.31. The number of halogens is 2. The molecule has 1 aliphatic heterocycles. The minimum absolute atomic E-state index is 0.0544. The van der Waals surface area contributed by atoms with Crippen molar-refractivity contribution in [3.63, 3.8) is 0 Å². The molecular weight excluding hydrogens is 457 g/mol. The van der Waals surface area contributed by atoms with E-state index in [2.05, 4.69) is 22.2 Å². The van der Waals surface area contributed by atoms with Gasteiger partial charge in [-0.1, -0.05) is 18.5 Å². The first-order valence-corrected chi connectivity index (χ1v) is 12.2. The molecule has 2 aromatic rings.